The lowest BCUT2D eigenvalue weighted by Gasteiger charge is -2.19. The molecule has 1 atom stereocenters. The Balaban J connectivity index is 1.81. The number of hydrogen-bond donors (Lipinski definition) is 2. The van der Waals surface area contributed by atoms with Crippen LogP contribution in [0, 0.1) is 5.92 Å². The monoisotopic (exact) mass is 404 g/mol. The Bertz CT molecular complexity index is 856. The molecule has 0 bridgehead atoms. The van der Waals surface area contributed by atoms with E-state index in [0.717, 1.165) is 12.8 Å². The molecule has 1 unspecified atom stereocenters. The van der Waals surface area contributed by atoms with Gasteiger partial charge in [0.05, 0.1) is 5.56 Å². The lowest BCUT2D eigenvalue weighted by Crippen LogP contribution is -2.33. The second-order valence-electron chi connectivity index (χ2n) is 6.16. The van der Waals surface area contributed by atoms with Gasteiger partial charge in [-0.1, -0.05) is 28.8 Å². The van der Waals surface area contributed by atoms with E-state index in [2.05, 4.69) is 21.2 Å². The highest BCUT2D eigenvalue weighted by Crippen LogP contribution is 2.37. The summed E-state index contributed by atoms with van der Waals surface area (Å²) in [6.45, 7) is 0. The predicted molar refractivity (Wildman–Crippen MR) is 96.8 cm³/mol. The molecule has 1 aromatic heterocycles. The quantitative estimate of drug-likeness (QED) is 0.772. The van der Waals surface area contributed by atoms with Gasteiger partial charge in [-0.2, -0.15) is 0 Å². The van der Waals surface area contributed by atoms with Gasteiger partial charge in [-0.15, -0.1) is 0 Å². The van der Waals surface area contributed by atoms with Crippen molar-refractivity contribution in [1.29, 1.82) is 0 Å². The fourth-order valence-corrected chi connectivity index (χ4v) is 2.98. The van der Waals surface area contributed by atoms with Gasteiger partial charge in [0, 0.05) is 22.4 Å². The van der Waals surface area contributed by atoms with Crippen molar-refractivity contribution in [3.63, 3.8) is 0 Å². The molecular formula is C18H17BrN2O4. The Labute approximate surface area is 152 Å². The third kappa shape index (κ3) is 4.36. The summed E-state index contributed by atoms with van der Waals surface area (Å²) >= 11 is 3.26. The Morgan fingerprint density at radius 2 is 1.92 bits per heavy atom. The molecule has 0 aliphatic heterocycles. The Morgan fingerprint density at radius 1 is 1.24 bits per heavy atom. The fourth-order valence-electron chi connectivity index (χ4n) is 2.66. The van der Waals surface area contributed by atoms with Gasteiger partial charge in [-0.3, -0.25) is 9.59 Å². The normalized spacial score (nSPS) is 14.8. The van der Waals surface area contributed by atoms with Gasteiger partial charge in [-0.25, -0.2) is 4.79 Å². The second-order valence-corrected chi connectivity index (χ2v) is 7.07. The van der Waals surface area contributed by atoms with E-state index in [0.29, 0.717) is 22.5 Å². The molecular weight excluding hydrogens is 388 g/mol. The molecule has 1 aliphatic rings. The maximum absolute atomic E-state index is 12.7. The minimum Gasteiger partial charge on any atom is -0.478 e. The summed E-state index contributed by atoms with van der Waals surface area (Å²) < 4.78 is 2.12. The SMILES string of the molecule is O=C(O)c1ccc(NC(=O)C(CC2CC2)n2ccc(Br)cc2=O)cc1. The van der Waals surface area contributed by atoms with Gasteiger partial charge in [0.2, 0.25) is 5.91 Å². The van der Waals surface area contributed by atoms with E-state index in [1.165, 1.54) is 22.8 Å². The van der Waals surface area contributed by atoms with Crippen LogP contribution in [0.5, 0.6) is 0 Å². The van der Waals surface area contributed by atoms with E-state index >= 15 is 0 Å². The van der Waals surface area contributed by atoms with Crippen molar-refractivity contribution in [2.75, 3.05) is 5.32 Å². The Hall–Kier alpha value is -2.41. The predicted octanol–water partition coefficient (Wildman–Crippen LogP) is 3.29. The molecule has 1 heterocycles. The standard InChI is InChI=1S/C18H17BrN2O4/c19-13-7-8-21(16(22)10-13)15(9-11-1-2-11)17(23)20-14-5-3-12(4-6-14)18(24)25/h3-8,10-11,15H,1-2,9H2,(H,20,23)(H,24,25). The molecule has 1 aliphatic carbocycles. The van der Waals surface area contributed by atoms with Crippen LogP contribution in [0.1, 0.15) is 35.7 Å². The number of carboxylic acids is 1. The number of pyridine rings is 1. The minimum absolute atomic E-state index is 0.150. The summed E-state index contributed by atoms with van der Waals surface area (Å²) in [5, 5.41) is 11.7. The van der Waals surface area contributed by atoms with Crippen molar-refractivity contribution in [2.24, 2.45) is 5.92 Å². The highest BCUT2D eigenvalue weighted by atomic mass is 79.9. The molecule has 130 valence electrons. The van der Waals surface area contributed by atoms with Gasteiger partial charge >= 0.3 is 5.97 Å². The van der Waals surface area contributed by atoms with Crippen LogP contribution < -0.4 is 10.9 Å². The van der Waals surface area contributed by atoms with E-state index in [9.17, 15) is 14.4 Å². The molecule has 6 nitrogen and oxygen atoms in total. The van der Waals surface area contributed by atoms with E-state index < -0.39 is 12.0 Å². The summed E-state index contributed by atoms with van der Waals surface area (Å²) in [7, 11) is 0. The first-order valence-electron chi connectivity index (χ1n) is 7.96. The number of carboxylic acid groups (broad SMARTS) is 1. The summed E-state index contributed by atoms with van der Waals surface area (Å²) in [6, 6.07) is 8.52. The smallest absolute Gasteiger partial charge is 0.335 e. The molecule has 2 N–H and O–H groups in total. The van der Waals surface area contributed by atoms with Crippen LogP contribution in [0.3, 0.4) is 0 Å². The zero-order chi connectivity index (χ0) is 18.0. The summed E-state index contributed by atoms with van der Waals surface area (Å²) in [5.74, 6) is -0.842. The van der Waals surface area contributed by atoms with Crippen LogP contribution in [-0.4, -0.2) is 21.6 Å². The average molecular weight is 405 g/mol. The van der Waals surface area contributed by atoms with Crippen LogP contribution in [0.4, 0.5) is 5.69 Å². The first kappa shape index (κ1) is 17.4. The fraction of sp³-hybridized carbons (Fsp3) is 0.278. The van der Waals surface area contributed by atoms with Crippen LogP contribution in [0.2, 0.25) is 0 Å². The number of rotatable bonds is 6. The molecule has 1 aromatic carbocycles. The number of benzene rings is 1. The topological polar surface area (TPSA) is 88.4 Å². The number of aromatic carboxylic acids is 1. The van der Waals surface area contributed by atoms with Crippen LogP contribution in [0.15, 0.2) is 51.9 Å². The molecule has 2 aromatic rings. The van der Waals surface area contributed by atoms with Gasteiger partial charge in [0.1, 0.15) is 6.04 Å². The molecule has 25 heavy (non-hydrogen) atoms. The summed E-state index contributed by atoms with van der Waals surface area (Å²) in [6.07, 6.45) is 4.37. The first-order valence-corrected chi connectivity index (χ1v) is 8.75. The Kier molecular flexibility index (Phi) is 5.03. The summed E-state index contributed by atoms with van der Waals surface area (Å²) in [4.78, 5) is 35.9. The van der Waals surface area contributed by atoms with Crippen molar-refractivity contribution in [2.45, 2.75) is 25.3 Å². The van der Waals surface area contributed by atoms with Crippen molar-refractivity contribution >= 4 is 33.5 Å². The third-order valence-corrected chi connectivity index (χ3v) is 4.69. The molecule has 1 saturated carbocycles. The lowest BCUT2D eigenvalue weighted by molar-refractivity contribution is -0.119. The number of amides is 1. The van der Waals surface area contributed by atoms with E-state index in [1.807, 2.05) is 0 Å². The number of anilines is 1. The highest BCUT2D eigenvalue weighted by Gasteiger charge is 2.31. The maximum Gasteiger partial charge on any atom is 0.335 e. The van der Waals surface area contributed by atoms with Crippen molar-refractivity contribution in [1.82, 2.24) is 4.57 Å². The number of hydrogen-bond acceptors (Lipinski definition) is 3. The minimum atomic E-state index is -1.02. The zero-order valence-electron chi connectivity index (χ0n) is 13.3. The number of aromatic nitrogens is 1. The molecule has 7 heteroatoms. The molecule has 1 amide bonds. The lowest BCUT2D eigenvalue weighted by atomic mass is 10.1. The third-order valence-electron chi connectivity index (χ3n) is 4.20. The van der Waals surface area contributed by atoms with Gasteiger partial charge in [0.15, 0.2) is 0 Å². The van der Waals surface area contributed by atoms with Gasteiger partial charge in [0.25, 0.3) is 5.56 Å². The van der Waals surface area contributed by atoms with Crippen molar-refractivity contribution in [3.05, 3.63) is 63.0 Å². The van der Waals surface area contributed by atoms with E-state index in [-0.39, 0.29) is 17.0 Å². The van der Waals surface area contributed by atoms with E-state index in [4.69, 9.17) is 5.11 Å². The number of carbonyl (C=O) groups excluding carboxylic acids is 1. The number of halogens is 1. The summed E-state index contributed by atoms with van der Waals surface area (Å²) in [5.41, 5.74) is 0.411. The number of nitrogens with one attached hydrogen (secondary N) is 1. The average Bonchev–Trinajstić information content (AvgIpc) is 3.38. The molecule has 0 saturated heterocycles. The number of carbonyl (C=O) groups is 2. The zero-order valence-corrected chi connectivity index (χ0v) is 14.9. The molecule has 1 fully saturated rings. The molecule has 3 rings (SSSR count). The van der Waals surface area contributed by atoms with Gasteiger partial charge in [-0.05, 0) is 42.7 Å². The second kappa shape index (κ2) is 7.23. The van der Waals surface area contributed by atoms with Crippen molar-refractivity contribution < 1.29 is 14.7 Å². The number of nitrogens with zero attached hydrogens (tertiary/aromatic N) is 1. The van der Waals surface area contributed by atoms with Gasteiger partial charge < -0.3 is 15.0 Å². The molecule has 0 spiro atoms. The van der Waals surface area contributed by atoms with E-state index in [1.54, 1.807) is 24.4 Å². The Morgan fingerprint density at radius 3 is 2.48 bits per heavy atom. The van der Waals surface area contributed by atoms with Crippen molar-refractivity contribution in [3.8, 4) is 0 Å². The van der Waals surface area contributed by atoms with Crippen LogP contribution in [-0.2, 0) is 4.79 Å². The van der Waals surface area contributed by atoms with Crippen LogP contribution in [0.25, 0.3) is 0 Å². The highest BCUT2D eigenvalue weighted by molar-refractivity contribution is 9.10. The molecule has 0 radical (unpaired) electrons. The largest absolute Gasteiger partial charge is 0.478 e. The van der Waals surface area contributed by atoms with Crippen LogP contribution >= 0.6 is 15.9 Å². The first-order chi connectivity index (χ1) is 11.9. The maximum atomic E-state index is 12.7.